The summed E-state index contributed by atoms with van der Waals surface area (Å²) in [5.74, 6) is -0.270. The van der Waals surface area contributed by atoms with Gasteiger partial charge in [0, 0.05) is 14.9 Å². The van der Waals surface area contributed by atoms with Gasteiger partial charge in [0.2, 0.25) is 5.78 Å². The molecule has 2 rings (SSSR count). The van der Waals surface area contributed by atoms with Crippen LogP contribution in [0.4, 0.5) is 8.78 Å². The SMILES string of the molecule is O=C1C(=NCC(F)F)Sc2cc(Br)ccc21. The van der Waals surface area contributed by atoms with Crippen molar-refractivity contribution in [1.82, 2.24) is 0 Å². The van der Waals surface area contributed by atoms with Gasteiger partial charge >= 0.3 is 0 Å². The van der Waals surface area contributed by atoms with Gasteiger partial charge in [0.15, 0.2) is 0 Å². The van der Waals surface area contributed by atoms with Gasteiger partial charge in [-0.2, -0.15) is 0 Å². The predicted octanol–water partition coefficient (Wildman–Crippen LogP) is 3.40. The van der Waals surface area contributed by atoms with Gasteiger partial charge in [-0.1, -0.05) is 27.7 Å². The zero-order chi connectivity index (χ0) is 11.7. The maximum Gasteiger partial charge on any atom is 0.257 e. The van der Waals surface area contributed by atoms with Crippen LogP contribution in [-0.2, 0) is 0 Å². The Hall–Kier alpha value is -0.750. The van der Waals surface area contributed by atoms with E-state index in [9.17, 15) is 13.6 Å². The molecule has 6 heteroatoms. The van der Waals surface area contributed by atoms with Crippen LogP contribution in [-0.4, -0.2) is 23.8 Å². The summed E-state index contributed by atoms with van der Waals surface area (Å²) in [6.07, 6.45) is -2.52. The van der Waals surface area contributed by atoms with E-state index in [1.165, 1.54) is 0 Å². The van der Waals surface area contributed by atoms with Gasteiger partial charge in [0.1, 0.15) is 11.6 Å². The summed E-state index contributed by atoms with van der Waals surface area (Å²) in [5.41, 5.74) is 0.529. The number of thioether (sulfide) groups is 1. The number of carbonyl (C=O) groups excluding carboxylic acids is 1. The standard InChI is InChI=1S/C10H6BrF2NOS/c11-5-1-2-6-7(3-5)16-10(9(6)15)14-4-8(12)13/h1-3,8H,4H2. The van der Waals surface area contributed by atoms with Crippen LogP contribution in [0.25, 0.3) is 0 Å². The molecule has 0 unspecified atom stereocenters. The lowest BCUT2D eigenvalue weighted by atomic mass is 10.1. The Bertz CT molecular complexity index is 476. The summed E-state index contributed by atoms with van der Waals surface area (Å²) in [4.78, 5) is 16.1. The van der Waals surface area contributed by atoms with Gasteiger partial charge < -0.3 is 0 Å². The Kier molecular flexibility index (Phi) is 3.39. The van der Waals surface area contributed by atoms with Gasteiger partial charge in [-0.3, -0.25) is 9.79 Å². The molecule has 1 aromatic rings. The Morgan fingerprint density at radius 3 is 2.88 bits per heavy atom. The van der Waals surface area contributed by atoms with Crippen molar-refractivity contribution in [3.8, 4) is 0 Å². The first kappa shape index (κ1) is 11.7. The van der Waals surface area contributed by atoms with Crippen molar-refractivity contribution in [3.05, 3.63) is 28.2 Å². The van der Waals surface area contributed by atoms with E-state index in [-0.39, 0.29) is 10.8 Å². The minimum absolute atomic E-state index is 0.147. The number of alkyl halides is 2. The average molecular weight is 306 g/mol. The maximum absolute atomic E-state index is 12.0. The van der Waals surface area contributed by atoms with Gasteiger partial charge in [-0.05, 0) is 18.2 Å². The maximum atomic E-state index is 12.0. The van der Waals surface area contributed by atoms with E-state index in [2.05, 4.69) is 20.9 Å². The molecule has 0 saturated carbocycles. The summed E-state index contributed by atoms with van der Waals surface area (Å²) in [7, 11) is 0. The predicted molar refractivity (Wildman–Crippen MR) is 62.6 cm³/mol. The lowest BCUT2D eigenvalue weighted by Crippen LogP contribution is -2.07. The summed E-state index contributed by atoms with van der Waals surface area (Å²) in [5, 5.41) is 0.147. The van der Waals surface area contributed by atoms with E-state index in [4.69, 9.17) is 0 Å². The monoisotopic (exact) mass is 305 g/mol. The third-order valence-corrected chi connectivity index (χ3v) is 3.52. The topological polar surface area (TPSA) is 29.4 Å². The van der Waals surface area contributed by atoms with Crippen LogP contribution in [0.15, 0.2) is 32.6 Å². The minimum atomic E-state index is -2.52. The number of Topliss-reactive ketones (excluding diaryl/α,β-unsaturated/α-hetero) is 1. The number of hydrogen-bond acceptors (Lipinski definition) is 3. The zero-order valence-electron chi connectivity index (χ0n) is 7.91. The molecule has 1 aliphatic rings. The molecule has 0 N–H and O–H groups in total. The number of hydrogen-bond donors (Lipinski definition) is 0. The Morgan fingerprint density at radius 1 is 1.44 bits per heavy atom. The van der Waals surface area contributed by atoms with Crippen molar-refractivity contribution in [2.24, 2.45) is 4.99 Å². The molecule has 84 valence electrons. The highest BCUT2D eigenvalue weighted by Gasteiger charge is 2.27. The third kappa shape index (κ3) is 2.32. The average Bonchev–Trinajstić information content (AvgIpc) is 2.52. The van der Waals surface area contributed by atoms with Crippen LogP contribution in [0, 0.1) is 0 Å². The van der Waals surface area contributed by atoms with Crippen LogP contribution >= 0.6 is 27.7 Å². The summed E-state index contributed by atoms with van der Waals surface area (Å²) in [6, 6.07) is 5.19. The first-order valence-electron chi connectivity index (χ1n) is 4.42. The second-order valence-electron chi connectivity index (χ2n) is 3.11. The Morgan fingerprint density at radius 2 is 2.19 bits per heavy atom. The van der Waals surface area contributed by atoms with Crippen LogP contribution < -0.4 is 0 Å². The molecule has 1 heterocycles. The molecule has 0 radical (unpaired) electrons. The molecule has 0 fully saturated rings. The van der Waals surface area contributed by atoms with Crippen molar-refractivity contribution in [3.63, 3.8) is 0 Å². The number of aliphatic imine (C=N–C) groups is 1. The molecule has 1 aromatic carbocycles. The number of fused-ring (bicyclic) bond motifs is 1. The van der Waals surface area contributed by atoms with Crippen LogP contribution in [0.5, 0.6) is 0 Å². The smallest absolute Gasteiger partial charge is 0.257 e. The van der Waals surface area contributed by atoms with Crippen molar-refractivity contribution in [1.29, 1.82) is 0 Å². The Labute approximate surface area is 103 Å². The number of nitrogens with zero attached hydrogens (tertiary/aromatic N) is 1. The van der Waals surface area contributed by atoms with E-state index in [0.717, 1.165) is 21.1 Å². The minimum Gasteiger partial charge on any atom is -0.286 e. The second kappa shape index (κ2) is 4.63. The molecule has 0 amide bonds. The highest BCUT2D eigenvalue weighted by molar-refractivity contribution is 9.10. The largest absolute Gasteiger partial charge is 0.286 e. The molecule has 0 spiro atoms. The summed E-state index contributed by atoms with van der Waals surface area (Å²) >= 11 is 4.42. The first-order valence-corrected chi connectivity index (χ1v) is 6.03. The fraction of sp³-hybridized carbons (Fsp3) is 0.200. The highest BCUT2D eigenvalue weighted by Crippen LogP contribution is 2.35. The normalized spacial score (nSPS) is 17.2. The molecule has 0 saturated heterocycles. The molecule has 0 aromatic heterocycles. The number of carbonyl (C=O) groups is 1. The van der Waals surface area contributed by atoms with Crippen LogP contribution in [0.2, 0.25) is 0 Å². The molecule has 0 bridgehead atoms. The van der Waals surface area contributed by atoms with Crippen LogP contribution in [0.1, 0.15) is 10.4 Å². The van der Waals surface area contributed by atoms with Crippen LogP contribution in [0.3, 0.4) is 0 Å². The molecule has 0 atom stereocenters. The summed E-state index contributed by atoms with van der Waals surface area (Å²) in [6.45, 7) is -0.622. The molecule has 16 heavy (non-hydrogen) atoms. The molecule has 1 aliphatic heterocycles. The van der Waals surface area contributed by atoms with E-state index in [1.807, 2.05) is 0 Å². The number of benzene rings is 1. The van der Waals surface area contributed by atoms with Crippen molar-refractivity contribution in [2.75, 3.05) is 6.54 Å². The molecule has 2 nitrogen and oxygen atoms in total. The van der Waals surface area contributed by atoms with E-state index >= 15 is 0 Å². The molecular weight excluding hydrogens is 300 g/mol. The molecule has 0 aliphatic carbocycles. The fourth-order valence-electron chi connectivity index (χ4n) is 1.29. The quantitative estimate of drug-likeness (QED) is 0.838. The summed E-state index contributed by atoms with van der Waals surface area (Å²) < 4.78 is 24.8. The van der Waals surface area contributed by atoms with Crippen molar-refractivity contribution in [2.45, 2.75) is 11.3 Å². The number of rotatable bonds is 2. The van der Waals surface area contributed by atoms with E-state index in [1.54, 1.807) is 18.2 Å². The van der Waals surface area contributed by atoms with Gasteiger partial charge in [0.25, 0.3) is 6.43 Å². The van der Waals surface area contributed by atoms with Gasteiger partial charge in [0.05, 0.1) is 0 Å². The zero-order valence-corrected chi connectivity index (χ0v) is 10.3. The number of ketones is 1. The van der Waals surface area contributed by atoms with Gasteiger partial charge in [-0.15, -0.1) is 0 Å². The van der Waals surface area contributed by atoms with Gasteiger partial charge in [-0.25, -0.2) is 8.78 Å². The van der Waals surface area contributed by atoms with E-state index in [0.29, 0.717) is 5.56 Å². The number of halogens is 3. The lowest BCUT2D eigenvalue weighted by Gasteiger charge is -1.94. The third-order valence-electron chi connectivity index (χ3n) is 1.96. The first-order chi connectivity index (χ1) is 7.58. The molecular formula is C10H6BrF2NOS. The van der Waals surface area contributed by atoms with Crippen molar-refractivity contribution >= 4 is 38.5 Å². The highest BCUT2D eigenvalue weighted by atomic mass is 79.9. The Balaban J connectivity index is 2.27. The van der Waals surface area contributed by atoms with Crippen molar-refractivity contribution < 1.29 is 13.6 Å². The second-order valence-corrected chi connectivity index (χ2v) is 5.05. The lowest BCUT2D eigenvalue weighted by molar-refractivity contribution is 0.106. The fourth-order valence-corrected chi connectivity index (χ4v) is 2.81. The van der Waals surface area contributed by atoms with E-state index < -0.39 is 13.0 Å².